The van der Waals surface area contributed by atoms with Crippen molar-refractivity contribution in [1.29, 1.82) is 0 Å². The molecule has 4 heteroatoms. The Morgan fingerprint density at radius 1 is 1.29 bits per heavy atom. The SMILES string of the molecule is CCc1nc(N2CCC(CC)(CC)C2)sc1CNC1CC1. The van der Waals surface area contributed by atoms with E-state index in [9.17, 15) is 0 Å². The lowest BCUT2D eigenvalue weighted by molar-refractivity contribution is 0.301. The number of aryl methyl sites for hydroxylation is 1. The van der Waals surface area contributed by atoms with Crippen LogP contribution in [0.2, 0.25) is 0 Å². The van der Waals surface area contributed by atoms with E-state index < -0.39 is 0 Å². The molecule has 21 heavy (non-hydrogen) atoms. The van der Waals surface area contributed by atoms with Gasteiger partial charge in [0.05, 0.1) is 5.69 Å². The molecule has 1 N–H and O–H groups in total. The highest BCUT2D eigenvalue weighted by molar-refractivity contribution is 7.15. The fraction of sp³-hybridized carbons (Fsp3) is 0.824. The van der Waals surface area contributed by atoms with E-state index >= 15 is 0 Å². The van der Waals surface area contributed by atoms with E-state index in [0.29, 0.717) is 5.41 Å². The van der Waals surface area contributed by atoms with E-state index in [2.05, 4.69) is 31.0 Å². The average molecular weight is 308 g/mol. The Hall–Kier alpha value is -0.610. The molecule has 1 aromatic rings. The summed E-state index contributed by atoms with van der Waals surface area (Å²) in [5.74, 6) is 0. The highest BCUT2D eigenvalue weighted by atomic mass is 32.1. The van der Waals surface area contributed by atoms with E-state index in [4.69, 9.17) is 4.98 Å². The summed E-state index contributed by atoms with van der Waals surface area (Å²) in [5, 5.41) is 4.91. The standard InChI is InChI=1S/C17H29N3S/c1-4-14-15(11-18-13-7-8-13)21-16(19-14)20-10-9-17(5-2,6-3)12-20/h13,18H,4-12H2,1-3H3. The number of anilines is 1. The predicted octanol–water partition coefficient (Wildman–Crippen LogP) is 3.97. The van der Waals surface area contributed by atoms with Crippen molar-refractivity contribution in [2.24, 2.45) is 5.41 Å². The third kappa shape index (κ3) is 3.26. The molecule has 0 bridgehead atoms. The summed E-state index contributed by atoms with van der Waals surface area (Å²) in [6, 6.07) is 0.778. The van der Waals surface area contributed by atoms with Gasteiger partial charge in [-0.1, -0.05) is 20.8 Å². The Kier molecular flexibility index (Phi) is 4.55. The Balaban J connectivity index is 1.70. The normalized spacial score (nSPS) is 21.2. The minimum absolute atomic E-state index is 0.532. The fourth-order valence-electron chi connectivity index (χ4n) is 3.37. The van der Waals surface area contributed by atoms with Crippen molar-refractivity contribution in [2.45, 2.75) is 71.9 Å². The number of nitrogens with one attached hydrogen (secondary N) is 1. The zero-order chi connectivity index (χ0) is 14.9. The van der Waals surface area contributed by atoms with Crippen LogP contribution >= 0.6 is 11.3 Å². The van der Waals surface area contributed by atoms with E-state index in [1.54, 1.807) is 0 Å². The predicted molar refractivity (Wildman–Crippen MR) is 91.2 cm³/mol. The van der Waals surface area contributed by atoms with Gasteiger partial charge < -0.3 is 10.2 Å². The van der Waals surface area contributed by atoms with Crippen LogP contribution in [0, 0.1) is 5.41 Å². The first kappa shape index (κ1) is 15.3. The molecule has 0 unspecified atom stereocenters. The van der Waals surface area contributed by atoms with Crippen molar-refractivity contribution in [1.82, 2.24) is 10.3 Å². The van der Waals surface area contributed by atoms with Crippen molar-refractivity contribution in [2.75, 3.05) is 18.0 Å². The van der Waals surface area contributed by atoms with E-state index in [0.717, 1.165) is 19.0 Å². The molecule has 1 saturated heterocycles. The van der Waals surface area contributed by atoms with Gasteiger partial charge >= 0.3 is 0 Å². The average Bonchev–Trinajstić information content (AvgIpc) is 3.10. The summed E-state index contributed by atoms with van der Waals surface area (Å²) < 4.78 is 0. The second kappa shape index (κ2) is 6.25. The van der Waals surface area contributed by atoms with Gasteiger partial charge in [-0.3, -0.25) is 0 Å². The molecule has 118 valence electrons. The molecular weight excluding hydrogens is 278 g/mol. The lowest BCUT2D eigenvalue weighted by Crippen LogP contribution is -2.26. The quantitative estimate of drug-likeness (QED) is 0.826. The number of thiazole rings is 1. The molecule has 0 aromatic carbocycles. The summed E-state index contributed by atoms with van der Waals surface area (Å²) in [4.78, 5) is 8.95. The summed E-state index contributed by atoms with van der Waals surface area (Å²) >= 11 is 1.93. The Labute approximate surface area is 133 Å². The molecule has 1 saturated carbocycles. The number of aromatic nitrogens is 1. The zero-order valence-corrected chi connectivity index (χ0v) is 14.6. The minimum atomic E-state index is 0.532. The molecule has 1 aliphatic carbocycles. The molecule has 1 aromatic heterocycles. The number of hydrogen-bond acceptors (Lipinski definition) is 4. The zero-order valence-electron chi connectivity index (χ0n) is 13.7. The van der Waals surface area contributed by atoms with Crippen molar-refractivity contribution in [3.63, 3.8) is 0 Å². The van der Waals surface area contributed by atoms with Gasteiger partial charge in [-0.25, -0.2) is 4.98 Å². The van der Waals surface area contributed by atoms with Gasteiger partial charge in [0.2, 0.25) is 0 Å². The van der Waals surface area contributed by atoms with Crippen LogP contribution in [-0.4, -0.2) is 24.1 Å². The van der Waals surface area contributed by atoms with Crippen LogP contribution in [0.3, 0.4) is 0 Å². The summed E-state index contributed by atoms with van der Waals surface area (Å²) in [7, 11) is 0. The lowest BCUT2D eigenvalue weighted by Gasteiger charge is -2.26. The van der Waals surface area contributed by atoms with Crippen molar-refractivity contribution < 1.29 is 0 Å². The van der Waals surface area contributed by atoms with Gasteiger partial charge in [0.25, 0.3) is 0 Å². The molecule has 2 fully saturated rings. The lowest BCUT2D eigenvalue weighted by atomic mass is 9.82. The van der Waals surface area contributed by atoms with Crippen LogP contribution in [0.15, 0.2) is 0 Å². The van der Waals surface area contributed by atoms with Gasteiger partial charge in [0.1, 0.15) is 0 Å². The van der Waals surface area contributed by atoms with E-state index in [-0.39, 0.29) is 0 Å². The molecule has 2 aliphatic rings. The summed E-state index contributed by atoms with van der Waals surface area (Å²) in [6.07, 6.45) is 7.68. The first-order valence-electron chi connectivity index (χ1n) is 8.66. The molecule has 0 amide bonds. The van der Waals surface area contributed by atoms with Crippen LogP contribution in [0.1, 0.15) is 63.4 Å². The van der Waals surface area contributed by atoms with Crippen LogP contribution in [0.5, 0.6) is 0 Å². The summed E-state index contributed by atoms with van der Waals surface area (Å²) in [6.45, 7) is 10.3. The van der Waals surface area contributed by atoms with E-state index in [1.165, 1.54) is 60.9 Å². The smallest absolute Gasteiger partial charge is 0.185 e. The summed E-state index contributed by atoms with van der Waals surface area (Å²) in [5.41, 5.74) is 1.85. The maximum Gasteiger partial charge on any atom is 0.185 e. The van der Waals surface area contributed by atoms with Gasteiger partial charge in [0.15, 0.2) is 5.13 Å². The number of nitrogens with zero attached hydrogens (tertiary/aromatic N) is 2. The number of hydrogen-bond donors (Lipinski definition) is 1. The maximum absolute atomic E-state index is 4.95. The molecule has 2 heterocycles. The van der Waals surface area contributed by atoms with Crippen LogP contribution in [0.25, 0.3) is 0 Å². The van der Waals surface area contributed by atoms with Crippen molar-refractivity contribution in [3.8, 4) is 0 Å². The third-order valence-corrected chi connectivity index (χ3v) is 6.60. The molecule has 3 rings (SSSR count). The maximum atomic E-state index is 4.95. The van der Waals surface area contributed by atoms with Crippen molar-refractivity contribution in [3.05, 3.63) is 10.6 Å². The highest BCUT2D eigenvalue weighted by Crippen LogP contribution is 2.40. The Morgan fingerprint density at radius 3 is 2.62 bits per heavy atom. The van der Waals surface area contributed by atoms with E-state index in [1.807, 2.05) is 11.3 Å². The van der Waals surface area contributed by atoms with Gasteiger partial charge in [-0.15, -0.1) is 11.3 Å². The largest absolute Gasteiger partial charge is 0.348 e. The molecular formula is C17H29N3S. The molecule has 1 aliphatic heterocycles. The molecule has 0 atom stereocenters. The van der Waals surface area contributed by atoms with Crippen molar-refractivity contribution >= 4 is 16.5 Å². The van der Waals surface area contributed by atoms with Crippen LogP contribution in [-0.2, 0) is 13.0 Å². The molecule has 3 nitrogen and oxygen atoms in total. The van der Waals surface area contributed by atoms with Gasteiger partial charge in [-0.05, 0) is 43.9 Å². The first-order valence-corrected chi connectivity index (χ1v) is 9.48. The highest BCUT2D eigenvalue weighted by Gasteiger charge is 2.36. The molecule has 0 spiro atoms. The fourth-order valence-corrected chi connectivity index (χ4v) is 4.49. The Morgan fingerprint density at radius 2 is 2.05 bits per heavy atom. The van der Waals surface area contributed by atoms with Gasteiger partial charge in [0, 0.05) is 30.6 Å². The van der Waals surface area contributed by atoms with Crippen LogP contribution < -0.4 is 10.2 Å². The van der Waals surface area contributed by atoms with Gasteiger partial charge in [-0.2, -0.15) is 0 Å². The second-order valence-corrected chi connectivity index (χ2v) is 7.82. The Bertz CT molecular complexity index is 474. The number of rotatable bonds is 7. The second-order valence-electron chi connectivity index (χ2n) is 6.75. The monoisotopic (exact) mass is 307 g/mol. The minimum Gasteiger partial charge on any atom is -0.348 e. The molecule has 0 radical (unpaired) electrons. The third-order valence-electron chi connectivity index (χ3n) is 5.44. The van der Waals surface area contributed by atoms with Crippen LogP contribution in [0.4, 0.5) is 5.13 Å². The first-order chi connectivity index (χ1) is 10.2. The topological polar surface area (TPSA) is 28.2 Å².